The van der Waals surface area contributed by atoms with Gasteiger partial charge in [0.2, 0.25) is 0 Å². The van der Waals surface area contributed by atoms with Crippen molar-refractivity contribution < 1.29 is 8.42 Å². The number of benzene rings is 1. The molecule has 0 heterocycles. The highest BCUT2D eigenvalue weighted by Gasteiger charge is 2.20. The van der Waals surface area contributed by atoms with Crippen LogP contribution in [0.4, 0.5) is 11.4 Å². The molecule has 4 N–H and O–H groups in total. The fourth-order valence-electron chi connectivity index (χ4n) is 2.87. The van der Waals surface area contributed by atoms with E-state index in [4.69, 9.17) is 5.14 Å². The number of hydrogen-bond donors (Lipinski definition) is 3. The van der Waals surface area contributed by atoms with E-state index in [-0.39, 0.29) is 0 Å². The summed E-state index contributed by atoms with van der Waals surface area (Å²) in [6, 6.07) is 7.70. The number of rotatable bonds is 5. The van der Waals surface area contributed by atoms with E-state index >= 15 is 0 Å². The smallest absolute Gasteiger partial charge is 0.296 e. The zero-order valence-corrected chi connectivity index (χ0v) is 12.6. The molecule has 1 aliphatic carbocycles. The molecular formula is C14H23N3O2S. The molecule has 2 atom stereocenters. The summed E-state index contributed by atoms with van der Waals surface area (Å²) in [4.78, 5) is 0. The Hall–Kier alpha value is -1.27. The van der Waals surface area contributed by atoms with Crippen LogP contribution < -0.4 is 15.2 Å². The molecule has 0 saturated heterocycles. The summed E-state index contributed by atoms with van der Waals surface area (Å²) in [7, 11) is -3.72. The molecule has 0 amide bonds. The van der Waals surface area contributed by atoms with E-state index in [2.05, 4.69) is 17.0 Å². The molecule has 2 unspecified atom stereocenters. The van der Waals surface area contributed by atoms with E-state index in [1.807, 2.05) is 12.1 Å². The Labute approximate surface area is 121 Å². The topological polar surface area (TPSA) is 84.2 Å². The lowest BCUT2D eigenvalue weighted by Crippen LogP contribution is -2.27. The molecule has 1 aromatic rings. The molecule has 5 nitrogen and oxygen atoms in total. The van der Waals surface area contributed by atoms with Gasteiger partial charge in [0.25, 0.3) is 10.2 Å². The second kappa shape index (κ2) is 6.45. The molecule has 1 saturated carbocycles. The van der Waals surface area contributed by atoms with Crippen molar-refractivity contribution in [2.45, 2.75) is 45.1 Å². The molecule has 112 valence electrons. The summed E-state index contributed by atoms with van der Waals surface area (Å²) in [6.07, 6.45) is 6.16. The molecule has 1 aromatic carbocycles. The number of anilines is 2. The van der Waals surface area contributed by atoms with Crippen LogP contribution >= 0.6 is 0 Å². The zero-order chi connectivity index (χ0) is 14.6. The first-order valence-corrected chi connectivity index (χ1v) is 8.68. The van der Waals surface area contributed by atoms with Crippen LogP contribution in [-0.4, -0.2) is 14.5 Å². The lowest BCUT2D eigenvalue weighted by Gasteiger charge is -2.30. The molecule has 0 aliphatic heterocycles. The van der Waals surface area contributed by atoms with Gasteiger partial charge >= 0.3 is 0 Å². The van der Waals surface area contributed by atoms with E-state index in [1.54, 1.807) is 12.1 Å². The van der Waals surface area contributed by atoms with Crippen molar-refractivity contribution in [1.82, 2.24) is 0 Å². The van der Waals surface area contributed by atoms with E-state index in [9.17, 15) is 8.42 Å². The van der Waals surface area contributed by atoms with Crippen LogP contribution in [0, 0.1) is 5.92 Å². The Morgan fingerprint density at radius 1 is 1.30 bits per heavy atom. The van der Waals surface area contributed by atoms with Gasteiger partial charge in [-0.2, -0.15) is 8.42 Å². The maximum absolute atomic E-state index is 11.0. The molecule has 1 aliphatic rings. The molecule has 1 fully saturated rings. The monoisotopic (exact) mass is 297 g/mol. The fraction of sp³-hybridized carbons (Fsp3) is 0.571. The van der Waals surface area contributed by atoms with Gasteiger partial charge < -0.3 is 5.32 Å². The SMILES string of the molecule is CCC1CCCC(Nc2cccc(NS(N)(=O)=O)c2)C1. The number of nitrogens with one attached hydrogen (secondary N) is 2. The van der Waals surface area contributed by atoms with Gasteiger partial charge in [0, 0.05) is 11.7 Å². The lowest BCUT2D eigenvalue weighted by atomic mass is 9.84. The van der Waals surface area contributed by atoms with Crippen LogP contribution in [0.2, 0.25) is 0 Å². The Balaban J connectivity index is 2.00. The maximum Gasteiger partial charge on any atom is 0.296 e. The third kappa shape index (κ3) is 4.68. The summed E-state index contributed by atoms with van der Waals surface area (Å²) in [5, 5.41) is 8.47. The van der Waals surface area contributed by atoms with Crippen LogP contribution in [0.5, 0.6) is 0 Å². The Bertz CT molecular complexity index is 545. The van der Waals surface area contributed by atoms with E-state index in [1.165, 1.54) is 32.1 Å². The molecule has 0 radical (unpaired) electrons. The molecule has 0 bridgehead atoms. The van der Waals surface area contributed by atoms with E-state index in [0.717, 1.165) is 11.6 Å². The Morgan fingerprint density at radius 3 is 2.75 bits per heavy atom. The van der Waals surface area contributed by atoms with Crippen LogP contribution in [0.3, 0.4) is 0 Å². The first-order chi connectivity index (χ1) is 9.46. The van der Waals surface area contributed by atoms with Gasteiger partial charge in [-0.1, -0.05) is 32.3 Å². The molecule has 0 spiro atoms. The lowest BCUT2D eigenvalue weighted by molar-refractivity contribution is 0.327. The standard InChI is InChI=1S/C14H23N3O2S/c1-2-11-5-3-6-12(9-11)16-13-7-4-8-14(10-13)17-20(15,18)19/h4,7-8,10-12,16-17H,2-3,5-6,9H2,1H3,(H2,15,18,19). The largest absolute Gasteiger partial charge is 0.382 e. The van der Waals surface area contributed by atoms with Crippen LogP contribution in [0.1, 0.15) is 39.0 Å². The highest BCUT2D eigenvalue weighted by molar-refractivity contribution is 7.90. The van der Waals surface area contributed by atoms with Crippen molar-refractivity contribution in [3.63, 3.8) is 0 Å². The second-order valence-electron chi connectivity index (χ2n) is 5.51. The zero-order valence-electron chi connectivity index (χ0n) is 11.8. The molecule has 20 heavy (non-hydrogen) atoms. The quantitative estimate of drug-likeness (QED) is 0.781. The fourth-order valence-corrected chi connectivity index (χ4v) is 3.32. The van der Waals surface area contributed by atoms with Gasteiger partial charge in [-0.25, -0.2) is 5.14 Å². The summed E-state index contributed by atoms with van der Waals surface area (Å²) >= 11 is 0. The Morgan fingerprint density at radius 2 is 2.05 bits per heavy atom. The summed E-state index contributed by atoms with van der Waals surface area (Å²) in [5.74, 6) is 0.798. The molecule has 6 heteroatoms. The first-order valence-electron chi connectivity index (χ1n) is 7.13. The van der Waals surface area contributed by atoms with Crippen molar-refractivity contribution in [3.8, 4) is 0 Å². The van der Waals surface area contributed by atoms with E-state index < -0.39 is 10.2 Å². The highest BCUT2D eigenvalue weighted by Crippen LogP contribution is 2.29. The third-order valence-electron chi connectivity index (χ3n) is 3.85. The van der Waals surface area contributed by atoms with Gasteiger partial charge in [-0.05, 0) is 37.0 Å². The van der Waals surface area contributed by atoms with E-state index in [0.29, 0.717) is 11.7 Å². The van der Waals surface area contributed by atoms with Gasteiger partial charge in [-0.15, -0.1) is 0 Å². The number of nitrogens with two attached hydrogens (primary N) is 1. The minimum atomic E-state index is -3.72. The number of hydrogen-bond acceptors (Lipinski definition) is 3. The second-order valence-corrected chi connectivity index (χ2v) is 6.80. The van der Waals surface area contributed by atoms with Crippen molar-refractivity contribution in [2.75, 3.05) is 10.0 Å². The van der Waals surface area contributed by atoms with Crippen LogP contribution in [-0.2, 0) is 10.2 Å². The Kier molecular flexibility index (Phi) is 4.88. The maximum atomic E-state index is 11.0. The minimum absolute atomic E-state index is 0.471. The molecule has 0 aromatic heterocycles. The highest BCUT2D eigenvalue weighted by atomic mass is 32.2. The van der Waals surface area contributed by atoms with Gasteiger partial charge in [0.15, 0.2) is 0 Å². The van der Waals surface area contributed by atoms with Gasteiger partial charge in [-0.3, -0.25) is 4.72 Å². The van der Waals surface area contributed by atoms with Gasteiger partial charge in [0.1, 0.15) is 0 Å². The van der Waals surface area contributed by atoms with Crippen molar-refractivity contribution in [3.05, 3.63) is 24.3 Å². The summed E-state index contributed by atoms with van der Waals surface area (Å²) < 4.78 is 24.3. The summed E-state index contributed by atoms with van der Waals surface area (Å²) in [6.45, 7) is 2.24. The predicted octanol–water partition coefficient (Wildman–Crippen LogP) is 2.68. The molecular weight excluding hydrogens is 274 g/mol. The van der Waals surface area contributed by atoms with Crippen LogP contribution in [0.25, 0.3) is 0 Å². The first kappa shape index (κ1) is 15.1. The van der Waals surface area contributed by atoms with Crippen molar-refractivity contribution in [2.24, 2.45) is 11.1 Å². The third-order valence-corrected chi connectivity index (χ3v) is 4.37. The average Bonchev–Trinajstić information content (AvgIpc) is 2.37. The minimum Gasteiger partial charge on any atom is -0.382 e. The van der Waals surface area contributed by atoms with Crippen LogP contribution in [0.15, 0.2) is 24.3 Å². The predicted molar refractivity (Wildman–Crippen MR) is 82.8 cm³/mol. The normalized spacial score (nSPS) is 23.3. The molecule has 2 rings (SSSR count). The van der Waals surface area contributed by atoms with Crippen molar-refractivity contribution >= 4 is 21.6 Å². The summed E-state index contributed by atoms with van der Waals surface area (Å²) in [5.41, 5.74) is 1.42. The van der Waals surface area contributed by atoms with Crippen molar-refractivity contribution in [1.29, 1.82) is 0 Å². The average molecular weight is 297 g/mol. The van der Waals surface area contributed by atoms with Gasteiger partial charge in [0.05, 0.1) is 5.69 Å².